The van der Waals surface area contributed by atoms with Crippen LogP contribution in [0.15, 0.2) is 12.5 Å². The molecule has 0 atom stereocenters. The number of nitrogens with zero attached hydrogens (tertiary/aromatic N) is 2. The fourth-order valence-electron chi connectivity index (χ4n) is 1.09. The summed E-state index contributed by atoms with van der Waals surface area (Å²) in [5.41, 5.74) is 0.341. The Balaban J connectivity index is 2.88. The zero-order chi connectivity index (χ0) is 9.42. The predicted octanol–water partition coefficient (Wildman–Crippen LogP) is 1.31. The number of H-pyrrole nitrogens is 1. The van der Waals surface area contributed by atoms with Gasteiger partial charge in [-0.1, -0.05) is 11.6 Å². The molecule has 2 heterocycles. The van der Waals surface area contributed by atoms with Gasteiger partial charge in [0.15, 0.2) is 5.69 Å². The molecule has 2 N–H and O–H groups in total. The van der Waals surface area contributed by atoms with Crippen LogP contribution in [0.5, 0.6) is 0 Å². The second kappa shape index (κ2) is 2.70. The van der Waals surface area contributed by atoms with Gasteiger partial charge in [-0.05, 0) is 0 Å². The highest BCUT2D eigenvalue weighted by atomic mass is 35.5. The average molecular weight is 198 g/mol. The van der Waals surface area contributed by atoms with Gasteiger partial charge in [-0.2, -0.15) is 0 Å². The van der Waals surface area contributed by atoms with Crippen molar-refractivity contribution in [1.82, 2.24) is 15.0 Å². The Morgan fingerprint density at radius 3 is 3.00 bits per heavy atom. The molecule has 0 unspecified atom stereocenters. The predicted molar refractivity (Wildman–Crippen MR) is 45.9 cm³/mol. The molecule has 0 spiro atoms. The molecule has 6 heteroatoms. The van der Waals surface area contributed by atoms with Gasteiger partial charge in [-0.15, -0.1) is 0 Å². The number of hydrogen-bond donors (Lipinski definition) is 2. The lowest BCUT2D eigenvalue weighted by Gasteiger charge is -1.94. The zero-order valence-electron chi connectivity index (χ0n) is 6.28. The Bertz CT molecular complexity index is 480. The lowest BCUT2D eigenvalue weighted by molar-refractivity contribution is 0.0692. The van der Waals surface area contributed by atoms with Gasteiger partial charge < -0.3 is 10.1 Å². The summed E-state index contributed by atoms with van der Waals surface area (Å²) >= 11 is 5.75. The number of nitrogens with one attached hydrogen (secondary N) is 1. The third kappa shape index (κ3) is 1.13. The van der Waals surface area contributed by atoms with Crippen molar-refractivity contribution < 1.29 is 9.90 Å². The topological polar surface area (TPSA) is 78.9 Å². The van der Waals surface area contributed by atoms with Crippen LogP contribution in [0.4, 0.5) is 0 Å². The van der Waals surface area contributed by atoms with Crippen LogP contribution in [0.3, 0.4) is 0 Å². The maximum absolute atomic E-state index is 10.7. The average Bonchev–Trinajstić information content (AvgIpc) is 2.48. The molecule has 66 valence electrons. The number of carboxylic acid groups (broad SMARTS) is 1. The van der Waals surface area contributed by atoms with Crippen LogP contribution in [0.2, 0.25) is 5.02 Å². The Morgan fingerprint density at radius 1 is 1.54 bits per heavy atom. The number of carboxylic acids is 1. The highest BCUT2D eigenvalue weighted by Crippen LogP contribution is 2.23. The Hall–Kier alpha value is -1.62. The minimum Gasteiger partial charge on any atom is -0.476 e. The Morgan fingerprint density at radius 2 is 2.31 bits per heavy atom. The molecule has 0 aliphatic carbocycles. The number of aromatic carboxylic acids is 1. The molecule has 2 aromatic heterocycles. The van der Waals surface area contributed by atoms with E-state index in [9.17, 15) is 4.79 Å². The van der Waals surface area contributed by atoms with Gasteiger partial charge in [0.25, 0.3) is 0 Å². The first-order chi connectivity index (χ1) is 6.20. The van der Waals surface area contributed by atoms with Crippen LogP contribution >= 0.6 is 11.6 Å². The zero-order valence-corrected chi connectivity index (χ0v) is 7.04. The highest BCUT2D eigenvalue weighted by molar-refractivity contribution is 6.36. The molecule has 0 amide bonds. The van der Waals surface area contributed by atoms with Gasteiger partial charge in [0.05, 0.1) is 10.4 Å². The van der Waals surface area contributed by atoms with E-state index in [4.69, 9.17) is 16.7 Å². The maximum atomic E-state index is 10.7. The summed E-state index contributed by atoms with van der Waals surface area (Å²) in [4.78, 5) is 20.9. The number of hydrogen-bond acceptors (Lipinski definition) is 3. The fraction of sp³-hybridized carbons (Fsp3) is 0. The number of carbonyl (C=O) groups is 1. The van der Waals surface area contributed by atoms with Gasteiger partial charge in [0.2, 0.25) is 0 Å². The molecule has 0 aromatic carbocycles. The first-order valence-corrected chi connectivity index (χ1v) is 3.79. The summed E-state index contributed by atoms with van der Waals surface area (Å²) in [6.07, 6.45) is 2.66. The normalized spacial score (nSPS) is 10.5. The van der Waals surface area contributed by atoms with Crippen molar-refractivity contribution in [1.29, 1.82) is 0 Å². The standard InChI is InChI=1S/C7H4ClN3O2/c8-3-1-9-6-4(3)5(7(12)13)10-2-11-6/h1-2H,(H,12,13)(H,9,10,11). The van der Waals surface area contributed by atoms with E-state index < -0.39 is 5.97 Å². The van der Waals surface area contributed by atoms with Crippen LogP contribution in [0.25, 0.3) is 11.0 Å². The van der Waals surface area contributed by atoms with Crippen LogP contribution < -0.4 is 0 Å². The Labute approximate surface area is 77.4 Å². The first kappa shape index (κ1) is 8.00. The van der Waals surface area contributed by atoms with Gasteiger partial charge in [-0.25, -0.2) is 14.8 Å². The van der Waals surface area contributed by atoms with Crippen molar-refractivity contribution >= 4 is 28.6 Å². The van der Waals surface area contributed by atoms with E-state index in [0.717, 1.165) is 0 Å². The van der Waals surface area contributed by atoms with E-state index >= 15 is 0 Å². The summed E-state index contributed by atoms with van der Waals surface area (Å²) in [6, 6.07) is 0. The monoisotopic (exact) mass is 197 g/mol. The summed E-state index contributed by atoms with van der Waals surface area (Å²) < 4.78 is 0. The van der Waals surface area contributed by atoms with Crippen molar-refractivity contribution in [3.8, 4) is 0 Å². The molecule has 0 aliphatic heterocycles. The van der Waals surface area contributed by atoms with E-state index in [2.05, 4.69) is 15.0 Å². The van der Waals surface area contributed by atoms with Gasteiger partial charge in [0, 0.05) is 6.20 Å². The van der Waals surface area contributed by atoms with Crippen LogP contribution in [-0.4, -0.2) is 26.0 Å². The fourth-order valence-corrected chi connectivity index (χ4v) is 1.32. The summed E-state index contributed by atoms with van der Waals surface area (Å²) in [5.74, 6) is -1.12. The number of fused-ring (bicyclic) bond motifs is 1. The smallest absolute Gasteiger partial charge is 0.355 e. The van der Waals surface area contributed by atoms with Crippen molar-refractivity contribution in [3.63, 3.8) is 0 Å². The molecule has 0 radical (unpaired) electrons. The quantitative estimate of drug-likeness (QED) is 0.723. The molecule has 0 fully saturated rings. The third-order valence-corrected chi connectivity index (χ3v) is 1.92. The number of halogens is 1. The van der Waals surface area contributed by atoms with Crippen molar-refractivity contribution in [2.45, 2.75) is 0 Å². The maximum Gasteiger partial charge on any atom is 0.355 e. The largest absolute Gasteiger partial charge is 0.476 e. The molecular formula is C7H4ClN3O2. The lowest BCUT2D eigenvalue weighted by Crippen LogP contribution is -2.01. The molecule has 13 heavy (non-hydrogen) atoms. The van der Waals surface area contributed by atoms with Gasteiger partial charge in [-0.3, -0.25) is 0 Å². The van der Waals surface area contributed by atoms with Crippen LogP contribution in [0, 0.1) is 0 Å². The second-order valence-electron chi connectivity index (χ2n) is 2.39. The summed E-state index contributed by atoms with van der Waals surface area (Å²) in [7, 11) is 0. The van der Waals surface area contributed by atoms with Crippen molar-refractivity contribution in [2.75, 3.05) is 0 Å². The van der Waals surface area contributed by atoms with E-state index in [1.165, 1.54) is 12.5 Å². The van der Waals surface area contributed by atoms with E-state index in [1.54, 1.807) is 0 Å². The Kier molecular flexibility index (Phi) is 1.66. The summed E-state index contributed by atoms with van der Waals surface area (Å²) in [6.45, 7) is 0. The second-order valence-corrected chi connectivity index (χ2v) is 2.79. The van der Waals surface area contributed by atoms with Gasteiger partial charge >= 0.3 is 5.97 Å². The molecule has 0 bridgehead atoms. The molecule has 0 saturated heterocycles. The van der Waals surface area contributed by atoms with Gasteiger partial charge in [0.1, 0.15) is 12.0 Å². The van der Waals surface area contributed by atoms with E-state index in [1.807, 2.05) is 0 Å². The minimum atomic E-state index is -1.12. The molecular weight excluding hydrogens is 194 g/mol. The third-order valence-electron chi connectivity index (χ3n) is 1.62. The number of aromatic nitrogens is 3. The highest BCUT2D eigenvalue weighted by Gasteiger charge is 2.14. The first-order valence-electron chi connectivity index (χ1n) is 3.41. The van der Waals surface area contributed by atoms with Crippen molar-refractivity contribution in [2.24, 2.45) is 0 Å². The molecule has 2 rings (SSSR count). The molecule has 2 aromatic rings. The SMILES string of the molecule is O=C(O)c1ncnc2[nH]cc(Cl)c12. The molecule has 5 nitrogen and oxygen atoms in total. The lowest BCUT2D eigenvalue weighted by atomic mass is 10.3. The van der Waals surface area contributed by atoms with Crippen LogP contribution in [0.1, 0.15) is 10.5 Å². The van der Waals surface area contributed by atoms with E-state index in [-0.39, 0.29) is 5.69 Å². The molecule has 0 saturated carbocycles. The van der Waals surface area contributed by atoms with Crippen LogP contribution in [-0.2, 0) is 0 Å². The molecule has 0 aliphatic rings. The number of rotatable bonds is 1. The summed E-state index contributed by atoms with van der Waals surface area (Å²) in [5, 5.41) is 9.42. The number of aromatic amines is 1. The van der Waals surface area contributed by atoms with Crippen molar-refractivity contribution in [3.05, 3.63) is 23.2 Å². The van der Waals surface area contributed by atoms with E-state index in [0.29, 0.717) is 16.1 Å². The minimum absolute atomic E-state index is 0.0868.